The quantitative estimate of drug-likeness (QED) is 0.567. The van der Waals surface area contributed by atoms with Gasteiger partial charge in [-0.1, -0.05) is 56.8 Å². The van der Waals surface area contributed by atoms with Gasteiger partial charge in [-0.15, -0.1) is 10.2 Å². The lowest BCUT2D eigenvalue weighted by Gasteiger charge is -2.19. The van der Waals surface area contributed by atoms with Crippen LogP contribution in [0.3, 0.4) is 0 Å². The van der Waals surface area contributed by atoms with E-state index < -0.39 is 0 Å². The standard InChI is InChI=1S/C23H28N4O2S/c1-6-24-20(28)15-30-22-26-25-21(16-7-9-17(10-8-16)23(2,3)4)27(22)18-11-13-19(29-5)14-12-18/h7-14H,6,15H2,1-5H3,(H,24,28). The average Bonchev–Trinajstić information content (AvgIpc) is 3.16. The Hall–Kier alpha value is -2.80. The van der Waals surface area contributed by atoms with E-state index in [0.29, 0.717) is 11.7 Å². The summed E-state index contributed by atoms with van der Waals surface area (Å²) >= 11 is 1.37. The molecule has 0 atom stereocenters. The van der Waals surface area contributed by atoms with Gasteiger partial charge in [0.05, 0.1) is 12.9 Å². The van der Waals surface area contributed by atoms with Crippen molar-refractivity contribution >= 4 is 17.7 Å². The Labute approximate surface area is 182 Å². The molecular weight excluding hydrogens is 396 g/mol. The van der Waals surface area contributed by atoms with Gasteiger partial charge in [0, 0.05) is 17.8 Å². The van der Waals surface area contributed by atoms with Crippen molar-refractivity contribution in [2.75, 3.05) is 19.4 Å². The molecule has 1 aromatic heterocycles. The molecule has 3 rings (SSSR count). The maximum Gasteiger partial charge on any atom is 0.230 e. The number of carbonyl (C=O) groups is 1. The van der Waals surface area contributed by atoms with Crippen molar-refractivity contribution in [1.82, 2.24) is 20.1 Å². The summed E-state index contributed by atoms with van der Waals surface area (Å²) in [6, 6.07) is 16.1. The van der Waals surface area contributed by atoms with E-state index in [2.05, 4.69) is 60.6 Å². The van der Waals surface area contributed by atoms with E-state index in [1.807, 2.05) is 35.8 Å². The molecule has 0 unspecified atom stereocenters. The number of carbonyl (C=O) groups excluding carboxylic acids is 1. The summed E-state index contributed by atoms with van der Waals surface area (Å²) in [5.74, 6) is 1.77. The molecule has 0 aliphatic rings. The van der Waals surface area contributed by atoms with Crippen LogP contribution in [0.4, 0.5) is 0 Å². The maximum atomic E-state index is 12.0. The number of hydrogen-bond donors (Lipinski definition) is 1. The summed E-state index contributed by atoms with van der Waals surface area (Å²) in [4.78, 5) is 12.0. The molecule has 0 radical (unpaired) electrons. The minimum absolute atomic E-state index is 0.0251. The van der Waals surface area contributed by atoms with Gasteiger partial charge in [-0.2, -0.15) is 0 Å². The van der Waals surface area contributed by atoms with Crippen LogP contribution in [-0.2, 0) is 10.2 Å². The van der Waals surface area contributed by atoms with E-state index in [4.69, 9.17) is 4.74 Å². The fourth-order valence-corrected chi connectivity index (χ4v) is 3.79. The van der Waals surface area contributed by atoms with Crippen LogP contribution in [0.2, 0.25) is 0 Å². The van der Waals surface area contributed by atoms with Crippen LogP contribution in [0.1, 0.15) is 33.3 Å². The highest BCUT2D eigenvalue weighted by atomic mass is 32.2. The molecule has 3 aromatic rings. The van der Waals surface area contributed by atoms with Crippen molar-refractivity contribution in [3.05, 3.63) is 54.1 Å². The lowest BCUT2D eigenvalue weighted by atomic mass is 9.87. The zero-order valence-electron chi connectivity index (χ0n) is 18.1. The largest absolute Gasteiger partial charge is 0.497 e. The number of aromatic nitrogens is 3. The summed E-state index contributed by atoms with van der Waals surface area (Å²) in [5.41, 5.74) is 3.22. The lowest BCUT2D eigenvalue weighted by Crippen LogP contribution is -2.24. The van der Waals surface area contributed by atoms with Crippen molar-refractivity contribution in [1.29, 1.82) is 0 Å². The number of benzene rings is 2. The minimum atomic E-state index is -0.0251. The van der Waals surface area contributed by atoms with Crippen molar-refractivity contribution in [3.8, 4) is 22.8 Å². The first-order valence-corrected chi connectivity index (χ1v) is 10.9. The molecule has 6 nitrogen and oxygen atoms in total. The fourth-order valence-electron chi connectivity index (χ4n) is 3.01. The van der Waals surface area contributed by atoms with Gasteiger partial charge in [0.15, 0.2) is 11.0 Å². The molecule has 0 spiro atoms. The Bertz CT molecular complexity index is 990. The van der Waals surface area contributed by atoms with Gasteiger partial charge in [0.25, 0.3) is 0 Å². The second-order valence-electron chi connectivity index (χ2n) is 7.91. The predicted molar refractivity (Wildman–Crippen MR) is 121 cm³/mol. The van der Waals surface area contributed by atoms with E-state index in [-0.39, 0.29) is 17.1 Å². The number of nitrogens with one attached hydrogen (secondary N) is 1. The number of hydrogen-bond acceptors (Lipinski definition) is 5. The minimum Gasteiger partial charge on any atom is -0.497 e. The zero-order valence-corrected chi connectivity index (χ0v) is 18.9. The number of ether oxygens (including phenoxy) is 1. The van der Waals surface area contributed by atoms with Crippen LogP contribution in [0.25, 0.3) is 17.1 Å². The van der Waals surface area contributed by atoms with E-state index in [1.54, 1.807) is 7.11 Å². The van der Waals surface area contributed by atoms with Gasteiger partial charge in [0.2, 0.25) is 5.91 Å². The first-order chi connectivity index (χ1) is 14.3. The van der Waals surface area contributed by atoms with Crippen LogP contribution in [0, 0.1) is 0 Å². The number of amides is 1. The van der Waals surface area contributed by atoms with Crippen LogP contribution >= 0.6 is 11.8 Å². The molecule has 0 aliphatic heterocycles. The maximum absolute atomic E-state index is 12.0. The van der Waals surface area contributed by atoms with Gasteiger partial charge < -0.3 is 10.1 Å². The Balaban J connectivity index is 2.00. The molecule has 1 amide bonds. The summed E-state index contributed by atoms with van der Waals surface area (Å²) < 4.78 is 7.27. The molecule has 0 saturated carbocycles. The van der Waals surface area contributed by atoms with Gasteiger partial charge in [-0.25, -0.2) is 0 Å². The Kier molecular flexibility index (Phi) is 6.82. The molecule has 2 aromatic carbocycles. The Morgan fingerprint density at radius 3 is 2.30 bits per heavy atom. The molecule has 158 valence electrons. The molecule has 0 aliphatic carbocycles. The SMILES string of the molecule is CCNC(=O)CSc1nnc(-c2ccc(C(C)(C)C)cc2)n1-c1ccc(OC)cc1. The van der Waals surface area contributed by atoms with E-state index in [1.165, 1.54) is 17.3 Å². The Morgan fingerprint density at radius 1 is 1.07 bits per heavy atom. The van der Waals surface area contributed by atoms with Gasteiger partial charge >= 0.3 is 0 Å². The summed E-state index contributed by atoms with van der Waals surface area (Å²) in [6.07, 6.45) is 0. The number of rotatable bonds is 7. The highest BCUT2D eigenvalue weighted by Gasteiger charge is 2.19. The fraction of sp³-hybridized carbons (Fsp3) is 0.348. The highest BCUT2D eigenvalue weighted by Crippen LogP contribution is 2.30. The van der Waals surface area contributed by atoms with Crippen molar-refractivity contribution in [2.24, 2.45) is 0 Å². The number of nitrogens with zero attached hydrogens (tertiary/aromatic N) is 3. The molecular formula is C23H28N4O2S. The average molecular weight is 425 g/mol. The Morgan fingerprint density at radius 2 is 1.73 bits per heavy atom. The van der Waals surface area contributed by atoms with Crippen molar-refractivity contribution in [2.45, 2.75) is 38.3 Å². The molecule has 1 N–H and O–H groups in total. The first kappa shape index (κ1) is 21.9. The normalized spacial score (nSPS) is 11.4. The number of thioether (sulfide) groups is 1. The third-order valence-electron chi connectivity index (χ3n) is 4.68. The second kappa shape index (κ2) is 9.34. The molecule has 0 bridgehead atoms. The third-order valence-corrected chi connectivity index (χ3v) is 5.61. The number of methoxy groups -OCH3 is 1. The van der Waals surface area contributed by atoms with Gasteiger partial charge in [0.1, 0.15) is 5.75 Å². The zero-order chi connectivity index (χ0) is 21.7. The van der Waals surface area contributed by atoms with Gasteiger partial charge in [-0.05, 0) is 42.2 Å². The lowest BCUT2D eigenvalue weighted by molar-refractivity contribution is -0.118. The molecule has 7 heteroatoms. The summed E-state index contributed by atoms with van der Waals surface area (Å²) in [5, 5.41) is 12.3. The smallest absolute Gasteiger partial charge is 0.230 e. The van der Waals surface area contributed by atoms with Crippen LogP contribution < -0.4 is 10.1 Å². The van der Waals surface area contributed by atoms with Gasteiger partial charge in [-0.3, -0.25) is 9.36 Å². The third kappa shape index (κ3) is 5.02. The summed E-state index contributed by atoms with van der Waals surface area (Å²) in [6.45, 7) is 9.09. The van der Waals surface area contributed by atoms with E-state index in [0.717, 1.165) is 22.8 Å². The van der Waals surface area contributed by atoms with Crippen molar-refractivity contribution in [3.63, 3.8) is 0 Å². The second-order valence-corrected chi connectivity index (χ2v) is 8.85. The molecule has 0 fully saturated rings. The first-order valence-electron chi connectivity index (χ1n) is 9.93. The van der Waals surface area contributed by atoms with E-state index in [9.17, 15) is 4.79 Å². The molecule has 1 heterocycles. The summed E-state index contributed by atoms with van der Waals surface area (Å²) in [7, 11) is 1.64. The predicted octanol–water partition coefficient (Wildman–Crippen LogP) is 4.47. The molecule has 30 heavy (non-hydrogen) atoms. The highest BCUT2D eigenvalue weighted by molar-refractivity contribution is 7.99. The van der Waals surface area contributed by atoms with E-state index >= 15 is 0 Å². The van der Waals surface area contributed by atoms with Crippen molar-refractivity contribution < 1.29 is 9.53 Å². The monoisotopic (exact) mass is 424 g/mol. The molecule has 0 saturated heterocycles. The topological polar surface area (TPSA) is 69.0 Å². The van der Waals surface area contributed by atoms with Crippen LogP contribution in [0.15, 0.2) is 53.7 Å². The van der Waals surface area contributed by atoms with Crippen LogP contribution in [-0.4, -0.2) is 40.1 Å². The van der Waals surface area contributed by atoms with Crippen LogP contribution in [0.5, 0.6) is 5.75 Å².